The summed E-state index contributed by atoms with van der Waals surface area (Å²) in [4.78, 5) is 24.4. The maximum Gasteiger partial charge on any atom is 0.269 e. The van der Waals surface area contributed by atoms with Crippen LogP contribution in [0.1, 0.15) is 11.3 Å². The van der Waals surface area contributed by atoms with Crippen molar-refractivity contribution in [3.8, 4) is 11.3 Å². The normalized spacial score (nSPS) is 14.7. The number of benzene rings is 2. The lowest BCUT2D eigenvalue weighted by Gasteiger charge is -2.07. The van der Waals surface area contributed by atoms with Gasteiger partial charge in [-0.1, -0.05) is 18.2 Å². The summed E-state index contributed by atoms with van der Waals surface area (Å²) in [6.45, 7) is 0. The Hall–Kier alpha value is -3.67. The molecule has 0 saturated carbocycles. The van der Waals surface area contributed by atoms with E-state index in [0.29, 0.717) is 17.1 Å². The highest BCUT2D eigenvalue weighted by atomic mass is 16.6. The van der Waals surface area contributed by atoms with Gasteiger partial charge in [0.15, 0.2) is 0 Å². The predicted octanol–water partition coefficient (Wildman–Crippen LogP) is 4.37. The van der Waals surface area contributed by atoms with Crippen molar-refractivity contribution in [3.63, 3.8) is 0 Å². The van der Waals surface area contributed by atoms with Crippen LogP contribution in [-0.4, -0.2) is 17.9 Å². The average molecular weight is 346 g/mol. The van der Waals surface area contributed by atoms with Crippen molar-refractivity contribution in [1.29, 1.82) is 0 Å². The van der Waals surface area contributed by atoms with Crippen molar-refractivity contribution < 1.29 is 14.1 Å². The fourth-order valence-electron chi connectivity index (χ4n) is 3.01. The number of nitrogens with zero attached hydrogens (tertiary/aromatic N) is 2. The van der Waals surface area contributed by atoms with E-state index in [2.05, 4.69) is 0 Å². The van der Waals surface area contributed by atoms with Gasteiger partial charge in [-0.25, -0.2) is 0 Å². The lowest BCUT2D eigenvalue weighted by Crippen LogP contribution is -2.20. The molecule has 4 rings (SSSR count). The van der Waals surface area contributed by atoms with Crippen LogP contribution in [0.2, 0.25) is 0 Å². The van der Waals surface area contributed by atoms with Crippen LogP contribution in [0.15, 0.2) is 65.1 Å². The van der Waals surface area contributed by atoms with Crippen LogP contribution >= 0.6 is 0 Å². The van der Waals surface area contributed by atoms with Crippen LogP contribution < -0.4 is 4.90 Å². The molecular formula is C20H14N2O4. The van der Waals surface area contributed by atoms with E-state index >= 15 is 0 Å². The minimum atomic E-state index is -0.443. The molecule has 6 heteroatoms. The Morgan fingerprint density at radius 1 is 1.04 bits per heavy atom. The molecule has 1 aromatic heterocycles. The molecule has 0 radical (unpaired) electrons. The SMILES string of the molecule is CN1C(=O)/C(=C/c2ccc(-c3ccc([N+](=O)[O-])cc3)o2)c2ccccc21. The van der Waals surface area contributed by atoms with E-state index in [9.17, 15) is 14.9 Å². The molecule has 1 amide bonds. The zero-order chi connectivity index (χ0) is 18.3. The van der Waals surface area contributed by atoms with Crippen LogP contribution in [0.3, 0.4) is 0 Å². The second kappa shape index (κ2) is 6.00. The van der Waals surface area contributed by atoms with Crippen LogP contribution in [0, 0.1) is 10.1 Å². The number of carbonyl (C=O) groups excluding carboxylic acids is 1. The number of rotatable bonds is 3. The smallest absolute Gasteiger partial charge is 0.269 e. The monoisotopic (exact) mass is 346 g/mol. The van der Waals surface area contributed by atoms with E-state index in [0.717, 1.165) is 16.8 Å². The first-order valence-electron chi connectivity index (χ1n) is 7.98. The zero-order valence-corrected chi connectivity index (χ0v) is 13.9. The van der Waals surface area contributed by atoms with Crippen LogP contribution in [0.25, 0.3) is 23.0 Å². The summed E-state index contributed by atoms with van der Waals surface area (Å²) in [5.41, 5.74) is 3.07. The maximum absolute atomic E-state index is 12.5. The van der Waals surface area contributed by atoms with Crippen molar-refractivity contribution in [2.45, 2.75) is 0 Å². The second-order valence-corrected chi connectivity index (χ2v) is 5.95. The number of nitro groups is 1. The number of amides is 1. The third-order valence-electron chi connectivity index (χ3n) is 4.37. The lowest BCUT2D eigenvalue weighted by molar-refractivity contribution is -0.384. The number of fused-ring (bicyclic) bond motifs is 1. The first-order valence-corrected chi connectivity index (χ1v) is 7.98. The number of hydrogen-bond acceptors (Lipinski definition) is 4. The molecule has 0 saturated heterocycles. The Morgan fingerprint density at radius 3 is 2.50 bits per heavy atom. The molecule has 26 heavy (non-hydrogen) atoms. The number of anilines is 1. The highest BCUT2D eigenvalue weighted by Gasteiger charge is 2.29. The molecule has 0 spiro atoms. The van der Waals surface area contributed by atoms with Crippen molar-refractivity contribution in [1.82, 2.24) is 0 Å². The Balaban J connectivity index is 1.68. The number of non-ortho nitro benzene ring substituents is 1. The molecule has 1 aliphatic heterocycles. The highest BCUT2D eigenvalue weighted by molar-refractivity contribution is 6.35. The minimum Gasteiger partial charge on any atom is -0.457 e. The largest absolute Gasteiger partial charge is 0.457 e. The fraction of sp³-hybridized carbons (Fsp3) is 0.0500. The summed E-state index contributed by atoms with van der Waals surface area (Å²) in [6.07, 6.45) is 1.72. The van der Waals surface area contributed by atoms with Gasteiger partial charge in [-0.15, -0.1) is 0 Å². The van der Waals surface area contributed by atoms with Gasteiger partial charge in [0, 0.05) is 30.3 Å². The number of nitro benzene ring substituents is 1. The van der Waals surface area contributed by atoms with Crippen LogP contribution in [-0.2, 0) is 4.79 Å². The van der Waals surface area contributed by atoms with Gasteiger partial charge >= 0.3 is 0 Å². The van der Waals surface area contributed by atoms with Gasteiger partial charge in [0.1, 0.15) is 11.5 Å². The zero-order valence-electron chi connectivity index (χ0n) is 13.9. The predicted molar refractivity (Wildman–Crippen MR) is 98.5 cm³/mol. The molecule has 6 nitrogen and oxygen atoms in total. The standard InChI is InChI=1S/C20H14N2O4/c1-21-18-5-3-2-4-16(18)17(20(21)23)12-15-10-11-19(26-15)13-6-8-14(9-7-13)22(24)25/h2-12H,1H3/b17-12+. The third kappa shape index (κ3) is 2.57. The molecule has 0 fully saturated rings. The fourth-order valence-corrected chi connectivity index (χ4v) is 3.01. The second-order valence-electron chi connectivity index (χ2n) is 5.95. The topological polar surface area (TPSA) is 76.6 Å². The molecule has 2 aromatic carbocycles. The summed E-state index contributed by atoms with van der Waals surface area (Å²) >= 11 is 0. The van der Waals surface area contributed by atoms with Gasteiger partial charge in [-0.3, -0.25) is 14.9 Å². The van der Waals surface area contributed by atoms with Crippen LogP contribution in [0.5, 0.6) is 0 Å². The quantitative estimate of drug-likeness (QED) is 0.401. The van der Waals surface area contributed by atoms with Crippen molar-refractivity contribution in [2.75, 3.05) is 11.9 Å². The van der Waals surface area contributed by atoms with Crippen molar-refractivity contribution in [3.05, 3.63) is 82.1 Å². The summed E-state index contributed by atoms with van der Waals surface area (Å²) < 4.78 is 5.81. The highest BCUT2D eigenvalue weighted by Crippen LogP contribution is 2.37. The summed E-state index contributed by atoms with van der Waals surface area (Å²) in [6, 6.07) is 17.3. The Bertz CT molecular complexity index is 1050. The van der Waals surface area contributed by atoms with E-state index in [4.69, 9.17) is 4.42 Å². The maximum atomic E-state index is 12.5. The number of furan rings is 1. The van der Waals surface area contributed by atoms with Crippen molar-refractivity contribution in [2.24, 2.45) is 0 Å². The Morgan fingerprint density at radius 2 is 1.77 bits per heavy atom. The van der Waals surface area contributed by atoms with Gasteiger partial charge in [0.2, 0.25) is 0 Å². The molecule has 3 aromatic rings. The summed E-state index contributed by atoms with van der Waals surface area (Å²) in [7, 11) is 1.74. The summed E-state index contributed by atoms with van der Waals surface area (Å²) in [5, 5.41) is 10.7. The van der Waals surface area contributed by atoms with E-state index in [1.54, 1.807) is 42.3 Å². The Labute approximate surface area is 149 Å². The average Bonchev–Trinajstić information content (AvgIpc) is 3.22. The number of para-hydroxylation sites is 1. The van der Waals surface area contributed by atoms with Crippen molar-refractivity contribution >= 4 is 28.9 Å². The van der Waals surface area contributed by atoms with E-state index < -0.39 is 4.92 Å². The first kappa shape index (κ1) is 15.8. The van der Waals surface area contributed by atoms with Gasteiger partial charge in [0.25, 0.3) is 11.6 Å². The Kier molecular flexibility index (Phi) is 3.65. The molecule has 128 valence electrons. The summed E-state index contributed by atoms with van der Waals surface area (Å²) in [5.74, 6) is 1.05. The third-order valence-corrected chi connectivity index (χ3v) is 4.37. The van der Waals surface area contributed by atoms with Gasteiger partial charge in [-0.2, -0.15) is 0 Å². The number of hydrogen-bond donors (Lipinski definition) is 0. The molecule has 0 aliphatic carbocycles. The van der Waals surface area contributed by atoms with E-state index in [-0.39, 0.29) is 11.6 Å². The molecule has 1 aliphatic rings. The number of carbonyl (C=O) groups is 1. The number of likely N-dealkylation sites (N-methyl/N-ethyl adjacent to an activating group) is 1. The molecule has 0 atom stereocenters. The molecule has 0 unspecified atom stereocenters. The first-order chi connectivity index (χ1) is 12.5. The molecule has 2 heterocycles. The molecule has 0 bridgehead atoms. The molecule has 0 N–H and O–H groups in total. The lowest BCUT2D eigenvalue weighted by atomic mass is 10.1. The van der Waals surface area contributed by atoms with Gasteiger partial charge in [0.05, 0.1) is 16.2 Å². The molecular weight excluding hydrogens is 332 g/mol. The minimum absolute atomic E-state index is 0.0267. The van der Waals surface area contributed by atoms with Crippen LogP contribution in [0.4, 0.5) is 11.4 Å². The van der Waals surface area contributed by atoms with Gasteiger partial charge in [-0.05, 0) is 36.4 Å². The van der Waals surface area contributed by atoms with E-state index in [1.165, 1.54) is 12.1 Å². The van der Waals surface area contributed by atoms with Gasteiger partial charge < -0.3 is 9.32 Å². The van der Waals surface area contributed by atoms with E-state index in [1.807, 2.05) is 24.3 Å².